The van der Waals surface area contributed by atoms with E-state index in [1.807, 2.05) is 30.5 Å². The molecule has 0 unspecified atom stereocenters. The van der Waals surface area contributed by atoms with Crippen molar-refractivity contribution in [2.24, 2.45) is 0 Å². The van der Waals surface area contributed by atoms with E-state index in [-0.39, 0.29) is 5.82 Å². The minimum absolute atomic E-state index is 0.188. The maximum atomic E-state index is 13.4. The number of ether oxygens (including phenoxy) is 1. The first-order valence-electron chi connectivity index (χ1n) is 9.38. The third-order valence-corrected chi connectivity index (χ3v) is 4.82. The highest BCUT2D eigenvalue weighted by Gasteiger charge is 2.05. The van der Waals surface area contributed by atoms with Crippen LogP contribution in [0.4, 0.5) is 4.39 Å². The summed E-state index contributed by atoms with van der Waals surface area (Å²) in [4.78, 5) is 3.20. The first-order valence-corrected chi connectivity index (χ1v) is 9.38. The Hall–Kier alpha value is -2.85. The molecule has 0 saturated heterocycles. The average molecular weight is 362 g/mol. The van der Waals surface area contributed by atoms with Gasteiger partial charge in [-0.1, -0.05) is 36.4 Å². The molecule has 0 saturated carbocycles. The Morgan fingerprint density at radius 1 is 0.926 bits per heavy atom. The van der Waals surface area contributed by atoms with Crippen LogP contribution in [0.25, 0.3) is 21.7 Å². The molecule has 4 rings (SSSR count). The number of benzene rings is 3. The van der Waals surface area contributed by atoms with Gasteiger partial charge in [0.1, 0.15) is 18.2 Å². The van der Waals surface area contributed by atoms with Gasteiger partial charge in [-0.2, -0.15) is 0 Å². The van der Waals surface area contributed by atoms with Crippen molar-refractivity contribution in [3.8, 4) is 5.75 Å². The van der Waals surface area contributed by atoms with Gasteiger partial charge in [0, 0.05) is 29.0 Å². The van der Waals surface area contributed by atoms with E-state index in [9.17, 15) is 4.39 Å². The van der Waals surface area contributed by atoms with Crippen molar-refractivity contribution in [1.29, 1.82) is 0 Å². The van der Waals surface area contributed by atoms with Crippen LogP contribution in [-0.4, -0.2) is 24.7 Å². The molecule has 1 aromatic heterocycles. The molecule has 2 N–H and O–H groups in total. The van der Waals surface area contributed by atoms with E-state index >= 15 is 0 Å². The molecule has 0 aliphatic heterocycles. The van der Waals surface area contributed by atoms with Gasteiger partial charge >= 0.3 is 0 Å². The maximum absolute atomic E-state index is 13.4. The molecule has 0 fully saturated rings. The van der Waals surface area contributed by atoms with Crippen molar-refractivity contribution < 1.29 is 9.13 Å². The normalized spacial score (nSPS) is 11.3. The minimum atomic E-state index is -0.188. The summed E-state index contributed by atoms with van der Waals surface area (Å²) >= 11 is 0. The van der Waals surface area contributed by atoms with Crippen LogP contribution in [0.1, 0.15) is 12.0 Å². The predicted molar refractivity (Wildman–Crippen MR) is 109 cm³/mol. The largest absolute Gasteiger partial charge is 0.492 e. The zero-order chi connectivity index (χ0) is 18.5. The van der Waals surface area contributed by atoms with Gasteiger partial charge in [0.2, 0.25) is 0 Å². The van der Waals surface area contributed by atoms with E-state index in [0.717, 1.165) is 48.0 Å². The third-order valence-electron chi connectivity index (χ3n) is 4.82. The summed E-state index contributed by atoms with van der Waals surface area (Å²) < 4.78 is 19.4. The highest BCUT2D eigenvalue weighted by molar-refractivity contribution is 5.88. The molecule has 0 atom stereocenters. The first kappa shape index (κ1) is 17.6. The van der Waals surface area contributed by atoms with Crippen LogP contribution in [-0.2, 0) is 6.42 Å². The lowest BCUT2D eigenvalue weighted by atomic mass is 10.1. The van der Waals surface area contributed by atoms with Crippen LogP contribution in [0.15, 0.2) is 66.9 Å². The fourth-order valence-corrected chi connectivity index (χ4v) is 3.44. The van der Waals surface area contributed by atoms with Crippen molar-refractivity contribution >= 4 is 21.7 Å². The summed E-state index contributed by atoms with van der Waals surface area (Å²) in [5, 5.41) is 6.73. The highest BCUT2D eigenvalue weighted by Crippen LogP contribution is 2.25. The number of hydrogen-bond acceptors (Lipinski definition) is 2. The van der Waals surface area contributed by atoms with Gasteiger partial charge in [-0.3, -0.25) is 0 Å². The van der Waals surface area contributed by atoms with Crippen LogP contribution in [0.3, 0.4) is 0 Å². The van der Waals surface area contributed by atoms with Gasteiger partial charge in [-0.15, -0.1) is 0 Å². The van der Waals surface area contributed by atoms with Crippen molar-refractivity contribution in [3.05, 3.63) is 78.2 Å². The lowest BCUT2D eigenvalue weighted by Crippen LogP contribution is -2.22. The molecule has 138 valence electrons. The standard InChI is InChI=1S/C23H23FN2O/c24-19-10-11-22-21(15-19)18(16-26-22)7-4-12-25-13-14-27-23-9-3-6-17-5-1-2-8-20(17)23/h1-3,5-6,8-11,15-16,25-26H,4,7,12-14H2. The Morgan fingerprint density at radius 2 is 1.81 bits per heavy atom. The number of hydrogen-bond donors (Lipinski definition) is 2. The summed E-state index contributed by atoms with van der Waals surface area (Å²) in [6.07, 6.45) is 3.89. The quantitative estimate of drug-likeness (QED) is 0.430. The van der Waals surface area contributed by atoms with Gasteiger partial charge in [-0.05, 0) is 54.6 Å². The van der Waals surface area contributed by atoms with E-state index in [4.69, 9.17) is 4.74 Å². The van der Waals surface area contributed by atoms with Gasteiger partial charge < -0.3 is 15.0 Å². The minimum Gasteiger partial charge on any atom is -0.492 e. The van der Waals surface area contributed by atoms with Crippen molar-refractivity contribution in [2.75, 3.05) is 19.7 Å². The zero-order valence-electron chi connectivity index (χ0n) is 15.2. The average Bonchev–Trinajstić information content (AvgIpc) is 3.09. The first-order chi connectivity index (χ1) is 13.3. The molecule has 0 bridgehead atoms. The van der Waals surface area contributed by atoms with E-state index in [2.05, 4.69) is 28.5 Å². The molecule has 0 radical (unpaired) electrons. The topological polar surface area (TPSA) is 37.0 Å². The molecule has 1 heterocycles. The molecule has 4 aromatic rings. The lowest BCUT2D eigenvalue weighted by Gasteiger charge is -2.10. The molecule has 0 aliphatic carbocycles. The summed E-state index contributed by atoms with van der Waals surface area (Å²) in [7, 11) is 0. The predicted octanol–water partition coefficient (Wildman–Crippen LogP) is 5.06. The SMILES string of the molecule is Fc1ccc2[nH]cc(CCCNCCOc3cccc4ccccc34)c2c1. The second-order valence-corrected chi connectivity index (χ2v) is 6.68. The number of nitrogens with one attached hydrogen (secondary N) is 2. The molecule has 3 aromatic carbocycles. The van der Waals surface area contributed by atoms with Crippen LogP contribution < -0.4 is 10.1 Å². The van der Waals surface area contributed by atoms with Crippen LogP contribution in [0, 0.1) is 5.82 Å². The number of H-pyrrole nitrogens is 1. The summed E-state index contributed by atoms with van der Waals surface area (Å²) in [5.41, 5.74) is 2.15. The van der Waals surface area contributed by atoms with Gasteiger partial charge in [0.15, 0.2) is 0 Å². The second-order valence-electron chi connectivity index (χ2n) is 6.68. The number of rotatable bonds is 8. The lowest BCUT2D eigenvalue weighted by molar-refractivity contribution is 0.317. The van der Waals surface area contributed by atoms with E-state index in [0.29, 0.717) is 6.61 Å². The number of aromatic nitrogens is 1. The maximum Gasteiger partial charge on any atom is 0.127 e. The zero-order valence-corrected chi connectivity index (χ0v) is 15.2. The molecule has 4 heteroatoms. The fraction of sp³-hybridized carbons (Fsp3) is 0.217. The molecule has 27 heavy (non-hydrogen) atoms. The number of halogens is 1. The summed E-state index contributed by atoms with van der Waals surface area (Å²) in [6, 6.07) is 19.3. The fourth-order valence-electron chi connectivity index (χ4n) is 3.44. The Labute approximate surface area is 158 Å². The van der Waals surface area contributed by atoms with Gasteiger partial charge in [-0.25, -0.2) is 4.39 Å². The van der Waals surface area contributed by atoms with Crippen LogP contribution >= 0.6 is 0 Å². The summed E-state index contributed by atoms with van der Waals surface area (Å²) in [5.74, 6) is 0.739. The summed E-state index contributed by atoms with van der Waals surface area (Å²) in [6.45, 7) is 2.33. The van der Waals surface area contributed by atoms with E-state index in [1.54, 1.807) is 12.1 Å². The van der Waals surface area contributed by atoms with Crippen molar-refractivity contribution in [2.45, 2.75) is 12.8 Å². The number of aryl methyl sites for hydroxylation is 1. The Morgan fingerprint density at radius 3 is 2.78 bits per heavy atom. The smallest absolute Gasteiger partial charge is 0.127 e. The molecule has 0 aliphatic rings. The third kappa shape index (κ3) is 4.12. The van der Waals surface area contributed by atoms with Crippen molar-refractivity contribution in [1.82, 2.24) is 10.3 Å². The highest BCUT2D eigenvalue weighted by atomic mass is 19.1. The van der Waals surface area contributed by atoms with Crippen LogP contribution in [0.2, 0.25) is 0 Å². The molecule has 3 nitrogen and oxygen atoms in total. The van der Waals surface area contributed by atoms with Crippen molar-refractivity contribution in [3.63, 3.8) is 0 Å². The number of aromatic amines is 1. The van der Waals surface area contributed by atoms with E-state index < -0.39 is 0 Å². The molecular weight excluding hydrogens is 339 g/mol. The molecule has 0 amide bonds. The monoisotopic (exact) mass is 362 g/mol. The van der Waals surface area contributed by atoms with Gasteiger partial charge in [0.25, 0.3) is 0 Å². The van der Waals surface area contributed by atoms with Crippen LogP contribution in [0.5, 0.6) is 5.75 Å². The Kier molecular flexibility index (Phi) is 5.35. The second kappa shape index (κ2) is 8.23. The van der Waals surface area contributed by atoms with E-state index in [1.165, 1.54) is 17.0 Å². The Balaban J connectivity index is 1.21. The number of fused-ring (bicyclic) bond motifs is 2. The Bertz CT molecular complexity index is 1040. The van der Waals surface area contributed by atoms with Gasteiger partial charge in [0.05, 0.1) is 0 Å². The molecular formula is C23H23FN2O. The molecule has 0 spiro atoms.